The molecule has 0 spiro atoms. The van der Waals surface area contributed by atoms with Crippen molar-refractivity contribution in [2.24, 2.45) is 5.92 Å². The number of aryl methyl sites for hydroxylation is 1. The van der Waals surface area contributed by atoms with E-state index in [1.807, 2.05) is 11.8 Å². The molecule has 2 aliphatic heterocycles. The smallest absolute Gasteiger partial charge is 0.272 e. The number of amides is 2. The summed E-state index contributed by atoms with van der Waals surface area (Å²) in [5.74, 6) is 0.528. The second kappa shape index (κ2) is 5.26. The molecule has 0 unspecified atom stereocenters. The van der Waals surface area contributed by atoms with E-state index in [-0.39, 0.29) is 17.9 Å². The number of aromatic nitrogens is 2. The first-order chi connectivity index (χ1) is 9.69. The number of nitrogens with zero attached hydrogens (tertiary/aromatic N) is 3. The van der Waals surface area contributed by atoms with Crippen molar-refractivity contribution in [1.82, 2.24) is 20.0 Å². The zero-order valence-electron chi connectivity index (χ0n) is 11.7. The van der Waals surface area contributed by atoms with Crippen molar-refractivity contribution in [2.45, 2.75) is 38.8 Å². The molecule has 6 heteroatoms. The van der Waals surface area contributed by atoms with Gasteiger partial charge in [-0.05, 0) is 31.7 Å². The summed E-state index contributed by atoms with van der Waals surface area (Å²) in [4.78, 5) is 26.0. The van der Waals surface area contributed by atoms with Crippen molar-refractivity contribution >= 4 is 11.8 Å². The lowest BCUT2D eigenvalue weighted by molar-refractivity contribution is -0.121. The molecule has 3 heterocycles. The van der Waals surface area contributed by atoms with Crippen LogP contribution in [-0.2, 0) is 11.3 Å². The second-order valence-electron chi connectivity index (χ2n) is 5.57. The highest BCUT2D eigenvalue weighted by Gasteiger charge is 2.38. The number of carbonyl (C=O) groups excluding carboxylic acids is 2. The zero-order chi connectivity index (χ0) is 14.1. The van der Waals surface area contributed by atoms with Gasteiger partial charge in [0.2, 0.25) is 5.91 Å². The van der Waals surface area contributed by atoms with Gasteiger partial charge < -0.3 is 10.2 Å². The molecule has 6 nitrogen and oxygen atoms in total. The van der Waals surface area contributed by atoms with Gasteiger partial charge in [0.25, 0.3) is 5.91 Å². The van der Waals surface area contributed by atoms with Gasteiger partial charge >= 0.3 is 0 Å². The van der Waals surface area contributed by atoms with Crippen LogP contribution in [0.1, 0.15) is 36.7 Å². The van der Waals surface area contributed by atoms with E-state index < -0.39 is 0 Å². The van der Waals surface area contributed by atoms with Crippen molar-refractivity contribution < 1.29 is 9.59 Å². The minimum Gasteiger partial charge on any atom is -0.351 e. The van der Waals surface area contributed by atoms with Gasteiger partial charge in [-0.15, -0.1) is 0 Å². The van der Waals surface area contributed by atoms with Crippen LogP contribution >= 0.6 is 0 Å². The third-order valence-electron chi connectivity index (χ3n) is 4.29. The lowest BCUT2D eigenvalue weighted by atomic mass is 9.99. The van der Waals surface area contributed by atoms with Crippen LogP contribution in [0.4, 0.5) is 0 Å². The third kappa shape index (κ3) is 2.30. The second-order valence-corrected chi connectivity index (χ2v) is 5.57. The molecule has 2 atom stereocenters. The van der Waals surface area contributed by atoms with Gasteiger partial charge in [-0.3, -0.25) is 14.3 Å². The summed E-state index contributed by atoms with van der Waals surface area (Å²) in [7, 11) is 0. The summed E-state index contributed by atoms with van der Waals surface area (Å²) in [6.07, 6.45) is 4.21. The Morgan fingerprint density at radius 2 is 2.35 bits per heavy atom. The monoisotopic (exact) mass is 276 g/mol. The number of hydrogen-bond donors (Lipinski definition) is 1. The molecule has 20 heavy (non-hydrogen) atoms. The molecular formula is C14H20N4O2. The largest absolute Gasteiger partial charge is 0.351 e. The van der Waals surface area contributed by atoms with Gasteiger partial charge in [-0.1, -0.05) is 0 Å². The van der Waals surface area contributed by atoms with E-state index in [0.29, 0.717) is 31.1 Å². The molecule has 0 bridgehead atoms. The Labute approximate surface area is 118 Å². The van der Waals surface area contributed by atoms with Crippen LogP contribution in [0.25, 0.3) is 0 Å². The maximum atomic E-state index is 12.6. The highest BCUT2D eigenvalue weighted by Crippen LogP contribution is 2.26. The average Bonchev–Trinajstić information content (AvgIpc) is 3.02. The quantitative estimate of drug-likeness (QED) is 0.862. The maximum Gasteiger partial charge on any atom is 0.272 e. The van der Waals surface area contributed by atoms with E-state index in [4.69, 9.17) is 0 Å². The molecule has 1 N–H and O–H groups in total. The van der Waals surface area contributed by atoms with Crippen molar-refractivity contribution in [3.63, 3.8) is 0 Å². The fourth-order valence-corrected chi connectivity index (χ4v) is 3.23. The fraction of sp³-hybridized carbons (Fsp3) is 0.643. The van der Waals surface area contributed by atoms with Crippen LogP contribution in [0.15, 0.2) is 12.3 Å². The van der Waals surface area contributed by atoms with Crippen molar-refractivity contribution in [1.29, 1.82) is 0 Å². The molecular weight excluding hydrogens is 256 g/mol. The zero-order valence-corrected chi connectivity index (χ0v) is 11.7. The number of carbonyl (C=O) groups is 2. The van der Waals surface area contributed by atoms with Gasteiger partial charge in [-0.2, -0.15) is 5.10 Å². The summed E-state index contributed by atoms with van der Waals surface area (Å²) in [6.45, 7) is 4.01. The van der Waals surface area contributed by atoms with Crippen LogP contribution in [0.3, 0.4) is 0 Å². The first-order valence-electron chi connectivity index (χ1n) is 7.29. The first-order valence-corrected chi connectivity index (χ1v) is 7.29. The van der Waals surface area contributed by atoms with Gasteiger partial charge in [0.1, 0.15) is 5.69 Å². The summed E-state index contributed by atoms with van der Waals surface area (Å²) in [5, 5.41) is 7.19. The standard InChI is InChI=1S/C14H20N4O2/c1-2-18-12(6-7-15-18)14(20)17-8-10-4-3-5-13(19)16-11(10)9-17/h6-7,10-11H,2-5,8-9H2,1H3,(H,16,19)/t10-,11+/m1/s1. The van der Waals surface area contributed by atoms with E-state index >= 15 is 0 Å². The van der Waals surface area contributed by atoms with E-state index in [2.05, 4.69) is 10.4 Å². The molecule has 0 aliphatic carbocycles. The Morgan fingerprint density at radius 1 is 1.50 bits per heavy atom. The summed E-state index contributed by atoms with van der Waals surface area (Å²) in [5.41, 5.74) is 0.635. The minimum absolute atomic E-state index is 0.0201. The predicted molar refractivity (Wildman–Crippen MR) is 73.1 cm³/mol. The van der Waals surface area contributed by atoms with E-state index in [1.165, 1.54) is 0 Å². The van der Waals surface area contributed by atoms with Crippen molar-refractivity contribution in [2.75, 3.05) is 13.1 Å². The molecule has 3 rings (SSSR count). The summed E-state index contributed by atoms with van der Waals surface area (Å²) < 4.78 is 1.72. The normalized spacial score (nSPS) is 26.1. The van der Waals surface area contributed by atoms with E-state index in [0.717, 1.165) is 19.4 Å². The molecule has 2 saturated heterocycles. The van der Waals surface area contributed by atoms with Gasteiger partial charge in [0, 0.05) is 32.3 Å². The molecule has 108 valence electrons. The lowest BCUT2D eigenvalue weighted by Gasteiger charge is -2.17. The third-order valence-corrected chi connectivity index (χ3v) is 4.29. The molecule has 2 fully saturated rings. The number of hydrogen-bond acceptors (Lipinski definition) is 3. The molecule has 2 aliphatic rings. The van der Waals surface area contributed by atoms with E-state index in [9.17, 15) is 9.59 Å². The minimum atomic E-state index is 0.0201. The Bertz CT molecular complexity index is 525. The first kappa shape index (κ1) is 13.1. The van der Waals surface area contributed by atoms with Gasteiger partial charge in [0.05, 0.1) is 6.04 Å². The fourth-order valence-electron chi connectivity index (χ4n) is 3.23. The Hall–Kier alpha value is -1.85. The van der Waals surface area contributed by atoms with Crippen LogP contribution in [0, 0.1) is 5.92 Å². The maximum absolute atomic E-state index is 12.6. The van der Waals surface area contributed by atoms with Crippen molar-refractivity contribution in [3.8, 4) is 0 Å². The lowest BCUT2D eigenvalue weighted by Crippen LogP contribution is -2.39. The Kier molecular flexibility index (Phi) is 3.46. The van der Waals surface area contributed by atoms with Crippen molar-refractivity contribution in [3.05, 3.63) is 18.0 Å². The highest BCUT2D eigenvalue weighted by atomic mass is 16.2. The summed E-state index contributed by atoms with van der Waals surface area (Å²) >= 11 is 0. The number of fused-ring (bicyclic) bond motifs is 1. The van der Waals surface area contributed by atoms with Gasteiger partial charge in [-0.25, -0.2) is 0 Å². The van der Waals surface area contributed by atoms with Crippen LogP contribution < -0.4 is 5.32 Å². The molecule has 0 saturated carbocycles. The average molecular weight is 276 g/mol. The molecule has 0 aromatic carbocycles. The molecule has 1 aromatic heterocycles. The summed E-state index contributed by atoms with van der Waals surface area (Å²) in [6, 6.07) is 1.88. The molecule has 2 amide bonds. The Morgan fingerprint density at radius 3 is 3.15 bits per heavy atom. The number of nitrogens with one attached hydrogen (secondary N) is 1. The van der Waals surface area contributed by atoms with E-state index in [1.54, 1.807) is 16.9 Å². The highest BCUT2D eigenvalue weighted by molar-refractivity contribution is 5.92. The van der Waals surface area contributed by atoms with Crippen LogP contribution in [0.2, 0.25) is 0 Å². The topological polar surface area (TPSA) is 67.2 Å². The molecule has 1 aromatic rings. The Balaban J connectivity index is 1.73. The van der Waals surface area contributed by atoms with Crippen LogP contribution in [-0.4, -0.2) is 45.6 Å². The van der Waals surface area contributed by atoms with Gasteiger partial charge in [0.15, 0.2) is 0 Å². The SMILES string of the molecule is CCn1nccc1C(=O)N1C[C@H]2CCCC(=O)N[C@H]2C1. The number of rotatable bonds is 2. The molecule has 0 radical (unpaired) electrons. The predicted octanol–water partition coefficient (Wildman–Crippen LogP) is 0.644. The number of likely N-dealkylation sites (tertiary alicyclic amines) is 1. The van der Waals surface area contributed by atoms with Crippen LogP contribution in [0.5, 0.6) is 0 Å².